The summed E-state index contributed by atoms with van der Waals surface area (Å²) in [6, 6.07) is 5.88. The fourth-order valence-corrected chi connectivity index (χ4v) is 2.98. The SMILES string of the molecule is Cc1c(Br)cccc1C(=O)NC1CCCCCC1N. The van der Waals surface area contributed by atoms with Gasteiger partial charge in [-0.3, -0.25) is 4.79 Å². The molecule has 1 aromatic carbocycles. The van der Waals surface area contributed by atoms with E-state index in [4.69, 9.17) is 5.73 Å². The highest BCUT2D eigenvalue weighted by Crippen LogP contribution is 2.21. The summed E-state index contributed by atoms with van der Waals surface area (Å²) in [4.78, 5) is 12.4. The summed E-state index contributed by atoms with van der Waals surface area (Å²) in [5.74, 6) is -0.0128. The summed E-state index contributed by atoms with van der Waals surface area (Å²) >= 11 is 3.46. The molecule has 0 radical (unpaired) electrons. The van der Waals surface area contributed by atoms with E-state index in [0.29, 0.717) is 0 Å². The molecule has 3 N–H and O–H groups in total. The molecule has 1 amide bonds. The molecule has 104 valence electrons. The maximum Gasteiger partial charge on any atom is 0.251 e. The summed E-state index contributed by atoms with van der Waals surface area (Å²) in [7, 11) is 0. The van der Waals surface area contributed by atoms with Crippen LogP contribution in [0.1, 0.15) is 48.0 Å². The molecule has 2 unspecified atom stereocenters. The van der Waals surface area contributed by atoms with Crippen LogP contribution < -0.4 is 11.1 Å². The van der Waals surface area contributed by atoms with Crippen LogP contribution in [-0.2, 0) is 0 Å². The lowest BCUT2D eigenvalue weighted by Crippen LogP contribution is -2.47. The zero-order valence-corrected chi connectivity index (χ0v) is 12.9. The molecule has 0 aliphatic heterocycles. The topological polar surface area (TPSA) is 55.1 Å². The Kier molecular flexibility index (Phi) is 4.99. The van der Waals surface area contributed by atoms with Gasteiger partial charge in [0.05, 0.1) is 0 Å². The maximum absolute atomic E-state index is 12.4. The molecule has 1 fully saturated rings. The Bertz CT molecular complexity index is 461. The van der Waals surface area contributed by atoms with Crippen molar-refractivity contribution in [3.05, 3.63) is 33.8 Å². The van der Waals surface area contributed by atoms with E-state index in [2.05, 4.69) is 21.2 Å². The first kappa shape index (κ1) is 14.5. The molecule has 0 saturated heterocycles. The van der Waals surface area contributed by atoms with E-state index in [0.717, 1.165) is 34.9 Å². The van der Waals surface area contributed by atoms with Gasteiger partial charge in [-0.15, -0.1) is 0 Å². The molecular formula is C15H21BrN2O. The van der Waals surface area contributed by atoms with Crippen molar-refractivity contribution in [2.45, 2.75) is 51.1 Å². The van der Waals surface area contributed by atoms with Crippen molar-refractivity contribution in [3.63, 3.8) is 0 Å². The van der Waals surface area contributed by atoms with E-state index in [-0.39, 0.29) is 18.0 Å². The minimum atomic E-state index is -0.0128. The fraction of sp³-hybridized carbons (Fsp3) is 0.533. The first-order chi connectivity index (χ1) is 9.09. The largest absolute Gasteiger partial charge is 0.348 e. The molecule has 0 heterocycles. The number of benzene rings is 1. The molecule has 0 aromatic heterocycles. The first-order valence-electron chi connectivity index (χ1n) is 6.91. The number of nitrogens with two attached hydrogens (primary N) is 1. The molecule has 2 rings (SSSR count). The summed E-state index contributed by atoms with van der Waals surface area (Å²) in [6.07, 6.45) is 5.53. The number of hydrogen-bond donors (Lipinski definition) is 2. The van der Waals surface area contributed by atoms with E-state index in [1.54, 1.807) is 0 Å². The van der Waals surface area contributed by atoms with Crippen LogP contribution in [0.3, 0.4) is 0 Å². The molecule has 19 heavy (non-hydrogen) atoms. The molecule has 4 heteroatoms. The van der Waals surface area contributed by atoms with Gasteiger partial charge in [0.25, 0.3) is 5.91 Å². The monoisotopic (exact) mass is 324 g/mol. The van der Waals surface area contributed by atoms with Crippen LogP contribution in [0, 0.1) is 6.92 Å². The average molecular weight is 325 g/mol. The van der Waals surface area contributed by atoms with Crippen molar-refractivity contribution in [1.29, 1.82) is 0 Å². The zero-order valence-electron chi connectivity index (χ0n) is 11.3. The quantitative estimate of drug-likeness (QED) is 0.821. The molecular weight excluding hydrogens is 304 g/mol. The standard InChI is InChI=1S/C15H21BrN2O/c1-10-11(6-5-7-12(10)16)15(19)18-14-9-4-2-3-8-13(14)17/h5-7,13-14H,2-4,8-9,17H2,1H3,(H,18,19). The fourth-order valence-electron chi connectivity index (χ4n) is 2.62. The molecule has 2 atom stereocenters. The summed E-state index contributed by atoms with van der Waals surface area (Å²) < 4.78 is 0.963. The van der Waals surface area contributed by atoms with Crippen molar-refractivity contribution in [1.82, 2.24) is 5.32 Å². The molecule has 1 aromatic rings. The molecule has 1 aliphatic rings. The highest BCUT2D eigenvalue weighted by molar-refractivity contribution is 9.10. The van der Waals surface area contributed by atoms with Crippen molar-refractivity contribution in [2.24, 2.45) is 5.73 Å². The predicted molar refractivity (Wildman–Crippen MR) is 81.2 cm³/mol. The Balaban J connectivity index is 2.09. The van der Waals surface area contributed by atoms with E-state index in [9.17, 15) is 4.79 Å². The van der Waals surface area contributed by atoms with Gasteiger partial charge >= 0.3 is 0 Å². The summed E-state index contributed by atoms with van der Waals surface area (Å²) in [5.41, 5.74) is 7.85. The average Bonchev–Trinajstić information content (AvgIpc) is 2.58. The Hall–Kier alpha value is -0.870. The smallest absolute Gasteiger partial charge is 0.251 e. The zero-order chi connectivity index (χ0) is 13.8. The first-order valence-corrected chi connectivity index (χ1v) is 7.70. The Labute approximate surface area is 123 Å². The Morgan fingerprint density at radius 1 is 1.32 bits per heavy atom. The second-order valence-corrected chi connectivity index (χ2v) is 6.15. The number of halogens is 1. The second kappa shape index (κ2) is 6.53. The van der Waals surface area contributed by atoms with Gasteiger partial charge in [0.2, 0.25) is 0 Å². The van der Waals surface area contributed by atoms with Crippen LogP contribution in [0.2, 0.25) is 0 Å². The van der Waals surface area contributed by atoms with Crippen LogP contribution >= 0.6 is 15.9 Å². The van der Waals surface area contributed by atoms with E-state index in [1.807, 2.05) is 25.1 Å². The number of nitrogens with one attached hydrogen (secondary N) is 1. The normalized spacial score (nSPS) is 23.7. The number of rotatable bonds is 2. The van der Waals surface area contributed by atoms with Crippen molar-refractivity contribution < 1.29 is 4.79 Å². The third kappa shape index (κ3) is 3.57. The van der Waals surface area contributed by atoms with E-state index < -0.39 is 0 Å². The third-order valence-electron chi connectivity index (χ3n) is 3.90. The van der Waals surface area contributed by atoms with Crippen LogP contribution in [0.15, 0.2) is 22.7 Å². The Morgan fingerprint density at radius 3 is 2.84 bits per heavy atom. The van der Waals surface area contributed by atoms with Gasteiger partial charge < -0.3 is 11.1 Å². The molecule has 1 saturated carbocycles. The summed E-state index contributed by atoms with van der Waals surface area (Å²) in [6.45, 7) is 1.95. The number of hydrogen-bond acceptors (Lipinski definition) is 2. The molecule has 0 bridgehead atoms. The lowest BCUT2D eigenvalue weighted by molar-refractivity contribution is 0.0928. The highest BCUT2D eigenvalue weighted by Gasteiger charge is 2.23. The van der Waals surface area contributed by atoms with Gasteiger partial charge in [-0.1, -0.05) is 41.3 Å². The van der Waals surface area contributed by atoms with Crippen LogP contribution in [0.5, 0.6) is 0 Å². The van der Waals surface area contributed by atoms with Crippen LogP contribution in [-0.4, -0.2) is 18.0 Å². The molecule has 3 nitrogen and oxygen atoms in total. The summed E-state index contributed by atoms with van der Waals surface area (Å²) in [5, 5.41) is 3.11. The van der Waals surface area contributed by atoms with Crippen molar-refractivity contribution in [3.8, 4) is 0 Å². The minimum absolute atomic E-state index is 0.0128. The minimum Gasteiger partial charge on any atom is -0.348 e. The van der Waals surface area contributed by atoms with Gasteiger partial charge in [-0.05, 0) is 37.5 Å². The predicted octanol–water partition coefficient (Wildman–Crippen LogP) is 3.15. The van der Waals surface area contributed by atoms with Gasteiger partial charge in [-0.25, -0.2) is 0 Å². The molecule has 0 spiro atoms. The number of carbonyl (C=O) groups excluding carboxylic acids is 1. The van der Waals surface area contributed by atoms with Gasteiger partial charge in [-0.2, -0.15) is 0 Å². The highest BCUT2D eigenvalue weighted by atomic mass is 79.9. The van der Waals surface area contributed by atoms with Crippen molar-refractivity contribution in [2.75, 3.05) is 0 Å². The van der Waals surface area contributed by atoms with Gasteiger partial charge in [0, 0.05) is 22.1 Å². The lowest BCUT2D eigenvalue weighted by Gasteiger charge is -2.23. The second-order valence-electron chi connectivity index (χ2n) is 5.29. The van der Waals surface area contributed by atoms with Crippen LogP contribution in [0.25, 0.3) is 0 Å². The number of carbonyl (C=O) groups is 1. The van der Waals surface area contributed by atoms with E-state index >= 15 is 0 Å². The van der Waals surface area contributed by atoms with Gasteiger partial charge in [0.1, 0.15) is 0 Å². The van der Waals surface area contributed by atoms with Crippen molar-refractivity contribution >= 4 is 21.8 Å². The maximum atomic E-state index is 12.4. The Morgan fingerprint density at radius 2 is 2.05 bits per heavy atom. The lowest BCUT2D eigenvalue weighted by atomic mass is 10.0. The van der Waals surface area contributed by atoms with E-state index in [1.165, 1.54) is 12.8 Å². The van der Waals surface area contributed by atoms with Gasteiger partial charge in [0.15, 0.2) is 0 Å². The third-order valence-corrected chi connectivity index (χ3v) is 4.76. The molecule has 1 aliphatic carbocycles. The number of amides is 1. The van der Waals surface area contributed by atoms with Crippen LogP contribution in [0.4, 0.5) is 0 Å².